The maximum Gasteiger partial charge on any atom is 0.326 e. The van der Waals surface area contributed by atoms with Crippen LogP contribution in [0.3, 0.4) is 0 Å². The zero-order chi connectivity index (χ0) is 11.7. The molecule has 2 N–H and O–H groups in total. The van der Waals surface area contributed by atoms with Gasteiger partial charge in [0.25, 0.3) is 0 Å². The van der Waals surface area contributed by atoms with Crippen molar-refractivity contribution in [2.45, 2.75) is 38.6 Å². The van der Waals surface area contributed by atoms with Gasteiger partial charge in [0.05, 0.1) is 0 Å². The van der Waals surface area contributed by atoms with E-state index in [0.29, 0.717) is 19.4 Å². The highest BCUT2D eigenvalue weighted by Crippen LogP contribution is 1.98. The van der Waals surface area contributed by atoms with E-state index in [9.17, 15) is 9.59 Å². The number of aliphatic carboxylic acids is 1. The molecule has 0 saturated heterocycles. The molecule has 0 saturated carbocycles. The fourth-order valence-corrected chi connectivity index (χ4v) is 1.14. The van der Waals surface area contributed by atoms with Crippen LogP contribution in [0.25, 0.3) is 0 Å². The predicted octanol–water partition coefficient (Wildman–Crippen LogP) is 0.782. The van der Waals surface area contributed by atoms with E-state index in [1.54, 1.807) is 14.0 Å². The molecule has 0 rings (SSSR count). The van der Waals surface area contributed by atoms with Gasteiger partial charge in [0, 0.05) is 20.1 Å². The minimum absolute atomic E-state index is 0.208. The van der Waals surface area contributed by atoms with Crippen molar-refractivity contribution in [3.05, 3.63) is 0 Å². The number of carbonyl (C=O) groups is 2. The van der Waals surface area contributed by atoms with E-state index in [0.717, 1.165) is 12.8 Å². The minimum Gasteiger partial charge on any atom is -0.480 e. The summed E-state index contributed by atoms with van der Waals surface area (Å²) < 4.78 is 4.84. The summed E-state index contributed by atoms with van der Waals surface area (Å²) in [6.45, 7) is 2.35. The maximum absolute atomic E-state index is 11.3. The Labute approximate surface area is 89.8 Å². The number of hydrogen-bond acceptors (Lipinski definition) is 3. The second kappa shape index (κ2) is 8.23. The van der Waals surface area contributed by atoms with Crippen LogP contribution in [0.5, 0.6) is 0 Å². The first-order chi connectivity index (χ1) is 7.11. The summed E-state index contributed by atoms with van der Waals surface area (Å²) in [4.78, 5) is 21.9. The number of methoxy groups -OCH3 is 1. The standard InChI is InChI=1S/C10H19NO4/c1-3-8(10(13)14)11-9(12)6-4-5-7-15-2/h8H,3-7H2,1-2H3,(H,11,12)(H,13,14). The van der Waals surface area contributed by atoms with Crippen molar-refractivity contribution in [1.29, 1.82) is 0 Å². The topological polar surface area (TPSA) is 75.6 Å². The van der Waals surface area contributed by atoms with Crippen LogP contribution in [0.4, 0.5) is 0 Å². The van der Waals surface area contributed by atoms with Crippen molar-refractivity contribution >= 4 is 11.9 Å². The van der Waals surface area contributed by atoms with Gasteiger partial charge >= 0.3 is 5.97 Å². The van der Waals surface area contributed by atoms with Crippen LogP contribution >= 0.6 is 0 Å². The molecule has 88 valence electrons. The molecule has 15 heavy (non-hydrogen) atoms. The highest BCUT2D eigenvalue weighted by molar-refractivity contribution is 5.83. The van der Waals surface area contributed by atoms with Crippen LogP contribution in [-0.4, -0.2) is 36.7 Å². The summed E-state index contributed by atoms with van der Waals surface area (Å²) in [6, 6.07) is -0.764. The highest BCUT2D eigenvalue weighted by atomic mass is 16.5. The molecule has 1 unspecified atom stereocenters. The number of carboxylic acid groups (broad SMARTS) is 1. The van der Waals surface area contributed by atoms with E-state index in [1.807, 2.05) is 0 Å². The lowest BCUT2D eigenvalue weighted by Gasteiger charge is -2.11. The van der Waals surface area contributed by atoms with Gasteiger partial charge < -0.3 is 15.2 Å². The molecular weight excluding hydrogens is 198 g/mol. The third-order valence-corrected chi connectivity index (χ3v) is 2.04. The van der Waals surface area contributed by atoms with E-state index in [-0.39, 0.29) is 5.91 Å². The van der Waals surface area contributed by atoms with Crippen molar-refractivity contribution in [3.63, 3.8) is 0 Å². The van der Waals surface area contributed by atoms with Crippen LogP contribution in [-0.2, 0) is 14.3 Å². The molecule has 5 nitrogen and oxygen atoms in total. The van der Waals surface area contributed by atoms with Crippen molar-refractivity contribution in [3.8, 4) is 0 Å². The van der Waals surface area contributed by atoms with E-state index in [4.69, 9.17) is 9.84 Å². The summed E-state index contributed by atoms with van der Waals surface area (Å²) >= 11 is 0. The number of ether oxygens (including phenoxy) is 1. The summed E-state index contributed by atoms with van der Waals surface area (Å²) in [6.07, 6.45) is 2.29. The average molecular weight is 217 g/mol. The molecule has 0 aliphatic heterocycles. The Hall–Kier alpha value is -1.10. The van der Waals surface area contributed by atoms with E-state index in [1.165, 1.54) is 0 Å². The Bertz CT molecular complexity index is 206. The Morgan fingerprint density at radius 1 is 1.40 bits per heavy atom. The zero-order valence-electron chi connectivity index (χ0n) is 9.28. The number of rotatable bonds is 8. The average Bonchev–Trinajstić information content (AvgIpc) is 2.20. The van der Waals surface area contributed by atoms with Crippen molar-refractivity contribution in [2.75, 3.05) is 13.7 Å². The fourth-order valence-electron chi connectivity index (χ4n) is 1.14. The Balaban J connectivity index is 3.67. The van der Waals surface area contributed by atoms with Gasteiger partial charge in [0.15, 0.2) is 0 Å². The SMILES string of the molecule is CCC(NC(=O)CCCCOC)C(=O)O. The molecule has 0 aromatic heterocycles. The van der Waals surface area contributed by atoms with Gasteiger partial charge in [-0.05, 0) is 19.3 Å². The molecular formula is C10H19NO4. The summed E-state index contributed by atoms with van der Waals surface area (Å²) in [7, 11) is 1.61. The van der Waals surface area contributed by atoms with Gasteiger partial charge in [-0.15, -0.1) is 0 Å². The lowest BCUT2D eigenvalue weighted by atomic mass is 10.2. The quantitative estimate of drug-likeness (QED) is 0.589. The normalized spacial score (nSPS) is 12.1. The molecule has 0 aliphatic carbocycles. The number of carboxylic acids is 1. The lowest BCUT2D eigenvalue weighted by molar-refractivity contribution is -0.141. The number of amides is 1. The second-order valence-corrected chi connectivity index (χ2v) is 3.32. The molecule has 0 spiro atoms. The maximum atomic E-state index is 11.3. The number of nitrogens with one attached hydrogen (secondary N) is 1. The first kappa shape index (κ1) is 13.9. The van der Waals surface area contributed by atoms with E-state index < -0.39 is 12.0 Å². The van der Waals surface area contributed by atoms with Crippen LogP contribution in [0, 0.1) is 0 Å². The predicted molar refractivity (Wildman–Crippen MR) is 55.6 cm³/mol. The van der Waals surface area contributed by atoms with Gasteiger partial charge in [-0.3, -0.25) is 4.79 Å². The lowest BCUT2D eigenvalue weighted by Crippen LogP contribution is -2.40. The van der Waals surface area contributed by atoms with E-state index in [2.05, 4.69) is 5.32 Å². The molecule has 0 aliphatic rings. The Kier molecular flexibility index (Phi) is 7.62. The molecule has 0 fully saturated rings. The molecule has 1 amide bonds. The minimum atomic E-state index is -0.984. The first-order valence-electron chi connectivity index (χ1n) is 5.13. The first-order valence-corrected chi connectivity index (χ1v) is 5.13. The molecule has 0 radical (unpaired) electrons. The van der Waals surface area contributed by atoms with Gasteiger partial charge in [-0.25, -0.2) is 4.79 Å². The van der Waals surface area contributed by atoms with Crippen molar-refractivity contribution < 1.29 is 19.4 Å². The third-order valence-electron chi connectivity index (χ3n) is 2.04. The Morgan fingerprint density at radius 2 is 2.07 bits per heavy atom. The summed E-state index contributed by atoms with van der Waals surface area (Å²) in [5, 5.41) is 11.2. The second-order valence-electron chi connectivity index (χ2n) is 3.32. The van der Waals surface area contributed by atoms with Gasteiger partial charge in [-0.2, -0.15) is 0 Å². The molecule has 0 heterocycles. The third kappa shape index (κ3) is 6.90. The summed E-state index contributed by atoms with van der Waals surface area (Å²) in [5.74, 6) is -1.19. The van der Waals surface area contributed by atoms with Gasteiger partial charge in [0.2, 0.25) is 5.91 Å². The number of unbranched alkanes of at least 4 members (excludes halogenated alkanes) is 1. The monoisotopic (exact) mass is 217 g/mol. The van der Waals surface area contributed by atoms with Crippen LogP contribution in [0.2, 0.25) is 0 Å². The van der Waals surface area contributed by atoms with Crippen LogP contribution in [0.15, 0.2) is 0 Å². The molecule has 5 heteroatoms. The highest BCUT2D eigenvalue weighted by Gasteiger charge is 2.16. The Morgan fingerprint density at radius 3 is 2.53 bits per heavy atom. The zero-order valence-corrected chi connectivity index (χ0v) is 9.28. The van der Waals surface area contributed by atoms with Crippen molar-refractivity contribution in [2.24, 2.45) is 0 Å². The smallest absolute Gasteiger partial charge is 0.326 e. The van der Waals surface area contributed by atoms with Crippen molar-refractivity contribution in [1.82, 2.24) is 5.32 Å². The summed E-state index contributed by atoms with van der Waals surface area (Å²) in [5.41, 5.74) is 0. The molecule has 1 atom stereocenters. The largest absolute Gasteiger partial charge is 0.480 e. The van der Waals surface area contributed by atoms with Gasteiger partial charge in [-0.1, -0.05) is 6.92 Å². The fraction of sp³-hybridized carbons (Fsp3) is 0.800. The molecule has 0 aromatic carbocycles. The number of hydrogen-bond donors (Lipinski definition) is 2. The van der Waals surface area contributed by atoms with Crippen LogP contribution in [0.1, 0.15) is 32.6 Å². The van der Waals surface area contributed by atoms with Crippen LogP contribution < -0.4 is 5.32 Å². The van der Waals surface area contributed by atoms with E-state index >= 15 is 0 Å². The number of carbonyl (C=O) groups excluding carboxylic acids is 1. The molecule has 0 bridgehead atoms. The van der Waals surface area contributed by atoms with Gasteiger partial charge in [0.1, 0.15) is 6.04 Å². The molecule has 0 aromatic rings.